The SMILES string of the molecule is CCN(CC)S(=O)(=O)c1ccc2c(c1)nc(CCC(=O)OCC(=O)NC(=O)NC1CCCCC1)n2C. The molecule has 1 saturated carbocycles. The number of hydrogen-bond acceptors (Lipinski definition) is 7. The lowest BCUT2D eigenvalue weighted by Gasteiger charge is -2.22. The standard InChI is InChI=1S/C24H35N5O6S/c1-4-29(5-2)36(33,34)18-11-12-20-19(15-18)26-21(28(20)3)13-14-23(31)35-16-22(30)27-24(32)25-17-9-7-6-8-10-17/h11-12,15,17H,4-10,13-14,16H2,1-3H3,(H2,25,27,30,32). The van der Waals surface area contributed by atoms with Gasteiger partial charge in [-0.2, -0.15) is 4.31 Å². The highest BCUT2D eigenvalue weighted by Crippen LogP contribution is 2.23. The fourth-order valence-electron chi connectivity index (χ4n) is 4.39. The first-order valence-electron chi connectivity index (χ1n) is 12.4. The van der Waals surface area contributed by atoms with Crippen LogP contribution in [0.5, 0.6) is 0 Å². The predicted octanol–water partition coefficient (Wildman–Crippen LogP) is 2.24. The smallest absolute Gasteiger partial charge is 0.321 e. The summed E-state index contributed by atoms with van der Waals surface area (Å²) < 4.78 is 33.8. The van der Waals surface area contributed by atoms with Crippen LogP contribution in [0.15, 0.2) is 23.1 Å². The number of fused-ring (bicyclic) bond motifs is 1. The maximum Gasteiger partial charge on any atom is 0.321 e. The first-order valence-corrected chi connectivity index (χ1v) is 13.8. The van der Waals surface area contributed by atoms with Crippen molar-refractivity contribution in [2.45, 2.75) is 69.7 Å². The van der Waals surface area contributed by atoms with Gasteiger partial charge in [0, 0.05) is 32.6 Å². The number of sulfonamides is 1. The van der Waals surface area contributed by atoms with E-state index in [4.69, 9.17) is 4.74 Å². The molecule has 1 heterocycles. The zero-order valence-corrected chi connectivity index (χ0v) is 21.9. The van der Waals surface area contributed by atoms with Crippen LogP contribution in [0, 0.1) is 0 Å². The van der Waals surface area contributed by atoms with Gasteiger partial charge in [0.05, 0.1) is 22.3 Å². The molecular formula is C24H35N5O6S. The largest absolute Gasteiger partial charge is 0.456 e. The summed E-state index contributed by atoms with van der Waals surface area (Å²) in [6, 6.07) is 4.27. The van der Waals surface area contributed by atoms with E-state index >= 15 is 0 Å². The number of ether oxygens (including phenoxy) is 1. The molecule has 1 aromatic carbocycles. The van der Waals surface area contributed by atoms with Crippen LogP contribution in [0.2, 0.25) is 0 Å². The summed E-state index contributed by atoms with van der Waals surface area (Å²) in [5, 5.41) is 4.95. The highest BCUT2D eigenvalue weighted by Gasteiger charge is 2.23. The van der Waals surface area contributed by atoms with Crippen molar-refractivity contribution in [1.29, 1.82) is 0 Å². The van der Waals surface area contributed by atoms with Gasteiger partial charge in [0.1, 0.15) is 5.82 Å². The van der Waals surface area contributed by atoms with Crippen LogP contribution < -0.4 is 10.6 Å². The molecule has 11 nitrogen and oxygen atoms in total. The lowest BCUT2D eigenvalue weighted by atomic mass is 9.96. The third kappa shape index (κ3) is 6.82. The first-order chi connectivity index (χ1) is 17.1. The van der Waals surface area contributed by atoms with Gasteiger partial charge in [-0.25, -0.2) is 18.2 Å². The Balaban J connectivity index is 1.52. The van der Waals surface area contributed by atoms with E-state index in [2.05, 4.69) is 15.6 Å². The average Bonchev–Trinajstić information content (AvgIpc) is 3.17. The van der Waals surface area contributed by atoms with Crippen molar-refractivity contribution in [3.05, 3.63) is 24.0 Å². The summed E-state index contributed by atoms with van der Waals surface area (Å²) in [4.78, 5) is 40.7. The number of imidazole rings is 1. The molecule has 0 unspecified atom stereocenters. The van der Waals surface area contributed by atoms with E-state index in [1.165, 1.54) is 10.4 Å². The van der Waals surface area contributed by atoms with Crippen molar-refractivity contribution < 1.29 is 27.5 Å². The number of amides is 3. The molecule has 0 atom stereocenters. The summed E-state index contributed by atoms with van der Waals surface area (Å²) in [6.45, 7) is 3.76. The fraction of sp³-hybridized carbons (Fsp3) is 0.583. The number of nitrogens with one attached hydrogen (secondary N) is 2. The summed E-state index contributed by atoms with van der Waals surface area (Å²) in [5.41, 5.74) is 1.25. The third-order valence-electron chi connectivity index (χ3n) is 6.40. The molecule has 0 saturated heterocycles. The molecule has 12 heteroatoms. The van der Waals surface area contributed by atoms with E-state index < -0.39 is 34.5 Å². The number of benzene rings is 1. The molecule has 0 aliphatic heterocycles. The van der Waals surface area contributed by atoms with Crippen molar-refractivity contribution in [2.24, 2.45) is 7.05 Å². The summed E-state index contributed by atoms with van der Waals surface area (Å²) in [5.74, 6) is -0.716. The number of urea groups is 1. The van der Waals surface area contributed by atoms with Gasteiger partial charge in [-0.1, -0.05) is 33.1 Å². The van der Waals surface area contributed by atoms with Crippen LogP contribution in [-0.4, -0.2) is 65.9 Å². The van der Waals surface area contributed by atoms with Gasteiger partial charge >= 0.3 is 12.0 Å². The van der Waals surface area contributed by atoms with E-state index in [1.807, 2.05) is 0 Å². The second kappa shape index (κ2) is 12.3. The maximum absolute atomic E-state index is 12.8. The quantitative estimate of drug-likeness (QED) is 0.457. The molecule has 2 aromatic rings. The van der Waals surface area contributed by atoms with Gasteiger partial charge in [-0.05, 0) is 31.0 Å². The zero-order valence-electron chi connectivity index (χ0n) is 21.1. The maximum atomic E-state index is 12.8. The Bertz CT molecular complexity index is 1200. The summed E-state index contributed by atoms with van der Waals surface area (Å²) in [7, 11) is -1.83. The second-order valence-corrected chi connectivity index (χ2v) is 10.8. The predicted molar refractivity (Wildman–Crippen MR) is 134 cm³/mol. The topological polar surface area (TPSA) is 140 Å². The number of hydrogen-bond donors (Lipinski definition) is 2. The Labute approximate surface area is 211 Å². The summed E-state index contributed by atoms with van der Waals surface area (Å²) in [6.07, 6.45) is 5.27. The molecule has 1 fully saturated rings. The van der Waals surface area contributed by atoms with Crippen molar-refractivity contribution in [1.82, 2.24) is 24.5 Å². The lowest BCUT2D eigenvalue weighted by Crippen LogP contribution is -2.46. The van der Waals surface area contributed by atoms with Crippen LogP contribution in [0.3, 0.4) is 0 Å². The number of nitrogens with zero attached hydrogens (tertiary/aromatic N) is 3. The zero-order chi connectivity index (χ0) is 26.3. The molecule has 198 valence electrons. The number of esters is 1. The van der Waals surface area contributed by atoms with Crippen LogP contribution in [0.4, 0.5) is 4.79 Å². The third-order valence-corrected chi connectivity index (χ3v) is 8.44. The number of aryl methyl sites for hydroxylation is 2. The molecule has 0 bridgehead atoms. The molecule has 36 heavy (non-hydrogen) atoms. The van der Waals surface area contributed by atoms with Gasteiger partial charge in [0.15, 0.2) is 6.61 Å². The number of carbonyl (C=O) groups is 3. The van der Waals surface area contributed by atoms with E-state index in [0.717, 1.165) is 37.6 Å². The molecule has 1 aliphatic carbocycles. The number of carbonyl (C=O) groups excluding carboxylic acids is 3. The van der Waals surface area contributed by atoms with Gasteiger partial charge in [-0.3, -0.25) is 14.9 Å². The first kappa shape index (κ1) is 27.6. The minimum Gasteiger partial charge on any atom is -0.456 e. The molecule has 3 rings (SSSR count). The van der Waals surface area contributed by atoms with Crippen molar-refractivity contribution in [2.75, 3.05) is 19.7 Å². The minimum atomic E-state index is -3.61. The molecule has 3 amide bonds. The van der Waals surface area contributed by atoms with E-state index in [-0.39, 0.29) is 23.8 Å². The molecule has 1 aliphatic rings. The van der Waals surface area contributed by atoms with Crippen molar-refractivity contribution >= 4 is 39.0 Å². The number of rotatable bonds is 10. The van der Waals surface area contributed by atoms with Gasteiger partial charge in [0.2, 0.25) is 10.0 Å². The van der Waals surface area contributed by atoms with E-state index in [9.17, 15) is 22.8 Å². The number of imide groups is 1. The van der Waals surface area contributed by atoms with E-state index in [0.29, 0.717) is 24.4 Å². The monoisotopic (exact) mass is 521 g/mol. The molecule has 2 N–H and O–H groups in total. The Hall–Kier alpha value is -2.99. The fourth-order valence-corrected chi connectivity index (χ4v) is 5.87. The minimum absolute atomic E-state index is 0.0245. The van der Waals surface area contributed by atoms with Crippen LogP contribution >= 0.6 is 0 Å². The van der Waals surface area contributed by atoms with Crippen molar-refractivity contribution in [3.63, 3.8) is 0 Å². The van der Waals surface area contributed by atoms with Gasteiger partial charge in [-0.15, -0.1) is 0 Å². The lowest BCUT2D eigenvalue weighted by molar-refractivity contribution is -0.148. The molecular weight excluding hydrogens is 486 g/mol. The molecule has 0 radical (unpaired) electrons. The number of aromatic nitrogens is 2. The molecule has 1 aromatic heterocycles. The van der Waals surface area contributed by atoms with Crippen LogP contribution in [-0.2, 0) is 37.8 Å². The molecule has 0 spiro atoms. The van der Waals surface area contributed by atoms with Crippen LogP contribution in [0.25, 0.3) is 11.0 Å². The van der Waals surface area contributed by atoms with Gasteiger partial charge < -0.3 is 14.6 Å². The Morgan fingerprint density at radius 1 is 1.14 bits per heavy atom. The average molecular weight is 522 g/mol. The Morgan fingerprint density at radius 2 is 1.83 bits per heavy atom. The normalized spacial score (nSPS) is 14.7. The van der Waals surface area contributed by atoms with Crippen LogP contribution in [0.1, 0.15) is 58.2 Å². The highest BCUT2D eigenvalue weighted by molar-refractivity contribution is 7.89. The highest BCUT2D eigenvalue weighted by atomic mass is 32.2. The second-order valence-electron chi connectivity index (χ2n) is 8.84. The Kier molecular flexibility index (Phi) is 9.43. The summed E-state index contributed by atoms with van der Waals surface area (Å²) >= 11 is 0. The van der Waals surface area contributed by atoms with Crippen molar-refractivity contribution in [3.8, 4) is 0 Å². The van der Waals surface area contributed by atoms with E-state index in [1.54, 1.807) is 37.6 Å². The Morgan fingerprint density at radius 3 is 2.50 bits per heavy atom. The van der Waals surface area contributed by atoms with Gasteiger partial charge in [0.25, 0.3) is 5.91 Å².